The molecule has 2 bridgehead atoms. The van der Waals surface area contributed by atoms with Gasteiger partial charge >= 0.3 is 0 Å². The number of piperidine rings is 1. The lowest BCUT2D eigenvalue weighted by atomic mass is 9.72. The second-order valence-electron chi connectivity index (χ2n) is 5.58. The summed E-state index contributed by atoms with van der Waals surface area (Å²) < 4.78 is 0. The molecule has 1 aromatic heterocycles. The van der Waals surface area contributed by atoms with Crippen molar-refractivity contribution in [2.45, 2.75) is 50.1 Å². The smallest absolute Gasteiger partial charge is 0.0867 e. The van der Waals surface area contributed by atoms with E-state index in [0.29, 0.717) is 12.1 Å². The van der Waals surface area contributed by atoms with E-state index in [4.69, 9.17) is 0 Å². The Balaban J connectivity index is 2.00. The van der Waals surface area contributed by atoms with Gasteiger partial charge in [-0.2, -0.15) is 5.26 Å². The molecule has 1 N–H and O–H groups in total. The van der Waals surface area contributed by atoms with Gasteiger partial charge in [-0.25, -0.2) is 0 Å². The number of nitrogens with zero attached hydrogens (tertiary/aromatic N) is 2. The molecule has 2 saturated heterocycles. The standard InChI is InChI=1S/C16H17N3/c1-2-3-12-6-13(10-18-9-12)16(11-17)7-14-4-5-15(8-16)19-14/h6,9-10,14-15,19H,4-5,7-8H2,1H3. The number of pyridine rings is 1. The Bertz CT molecular complexity index is 576. The van der Waals surface area contributed by atoms with E-state index in [9.17, 15) is 5.26 Å². The van der Waals surface area contributed by atoms with Crippen LogP contribution in [0.15, 0.2) is 18.5 Å². The first kappa shape index (κ1) is 12.2. The Morgan fingerprint density at radius 3 is 2.68 bits per heavy atom. The molecule has 2 atom stereocenters. The van der Waals surface area contributed by atoms with Crippen molar-refractivity contribution in [2.24, 2.45) is 0 Å². The fourth-order valence-corrected chi connectivity index (χ4v) is 3.45. The Kier molecular flexibility index (Phi) is 3.01. The fourth-order valence-electron chi connectivity index (χ4n) is 3.45. The largest absolute Gasteiger partial charge is 0.311 e. The minimum atomic E-state index is -0.379. The first-order chi connectivity index (χ1) is 9.25. The number of hydrogen-bond acceptors (Lipinski definition) is 3. The highest BCUT2D eigenvalue weighted by atomic mass is 15.0. The van der Waals surface area contributed by atoms with Gasteiger partial charge in [0.05, 0.1) is 11.5 Å². The first-order valence-corrected chi connectivity index (χ1v) is 6.81. The van der Waals surface area contributed by atoms with Crippen molar-refractivity contribution in [1.82, 2.24) is 10.3 Å². The Morgan fingerprint density at radius 2 is 2.05 bits per heavy atom. The molecule has 96 valence electrons. The van der Waals surface area contributed by atoms with Gasteiger partial charge in [0.25, 0.3) is 0 Å². The summed E-state index contributed by atoms with van der Waals surface area (Å²) in [7, 11) is 0. The lowest BCUT2D eigenvalue weighted by Gasteiger charge is -2.36. The molecule has 0 aromatic carbocycles. The van der Waals surface area contributed by atoms with Gasteiger partial charge in [-0.3, -0.25) is 4.98 Å². The number of rotatable bonds is 1. The molecule has 3 rings (SSSR count). The van der Waals surface area contributed by atoms with Crippen molar-refractivity contribution in [3.05, 3.63) is 29.6 Å². The molecule has 3 heteroatoms. The average Bonchev–Trinajstić information content (AvgIpc) is 2.79. The Morgan fingerprint density at radius 1 is 1.32 bits per heavy atom. The van der Waals surface area contributed by atoms with E-state index >= 15 is 0 Å². The molecule has 2 aliphatic heterocycles. The van der Waals surface area contributed by atoms with Gasteiger partial charge in [0, 0.05) is 30.0 Å². The minimum Gasteiger partial charge on any atom is -0.311 e. The zero-order valence-corrected chi connectivity index (χ0v) is 11.1. The quantitative estimate of drug-likeness (QED) is 0.778. The van der Waals surface area contributed by atoms with Crippen molar-refractivity contribution in [3.63, 3.8) is 0 Å². The lowest BCUT2D eigenvalue weighted by molar-refractivity contribution is 0.304. The van der Waals surface area contributed by atoms with Gasteiger partial charge in [-0.1, -0.05) is 5.92 Å². The van der Waals surface area contributed by atoms with Crippen LogP contribution in [-0.4, -0.2) is 17.1 Å². The van der Waals surface area contributed by atoms with E-state index in [0.717, 1.165) is 24.0 Å². The third-order valence-corrected chi connectivity index (χ3v) is 4.30. The molecule has 2 aliphatic rings. The molecule has 19 heavy (non-hydrogen) atoms. The number of hydrogen-bond donors (Lipinski definition) is 1. The molecular formula is C16H17N3. The molecule has 2 unspecified atom stereocenters. The third-order valence-electron chi connectivity index (χ3n) is 4.30. The van der Waals surface area contributed by atoms with Gasteiger partial charge in [0.15, 0.2) is 0 Å². The molecule has 2 fully saturated rings. The molecule has 1 aromatic rings. The van der Waals surface area contributed by atoms with Crippen LogP contribution in [0.5, 0.6) is 0 Å². The fraction of sp³-hybridized carbons (Fsp3) is 0.500. The summed E-state index contributed by atoms with van der Waals surface area (Å²) in [6, 6.07) is 5.59. The zero-order valence-electron chi connectivity index (χ0n) is 11.1. The van der Waals surface area contributed by atoms with E-state index in [1.165, 1.54) is 12.8 Å². The number of fused-ring (bicyclic) bond motifs is 2. The van der Waals surface area contributed by atoms with Gasteiger partial charge < -0.3 is 5.32 Å². The van der Waals surface area contributed by atoms with E-state index in [1.54, 1.807) is 6.20 Å². The lowest BCUT2D eigenvalue weighted by Crippen LogP contribution is -2.46. The van der Waals surface area contributed by atoms with Crippen LogP contribution in [0.4, 0.5) is 0 Å². The van der Waals surface area contributed by atoms with Crippen molar-refractivity contribution >= 4 is 0 Å². The van der Waals surface area contributed by atoms with E-state index in [-0.39, 0.29) is 5.41 Å². The van der Waals surface area contributed by atoms with Crippen LogP contribution in [0.2, 0.25) is 0 Å². The number of nitriles is 1. The van der Waals surface area contributed by atoms with E-state index in [1.807, 2.05) is 19.2 Å². The maximum atomic E-state index is 9.74. The second-order valence-corrected chi connectivity index (χ2v) is 5.58. The molecule has 0 radical (unpaired) electrons. The topological polar surface area (TPSA) is 48.7 Å². The van der Waals surface area contributed by atoms with Gasteiger partial charge in [-0.05, 0) is 44.2 Å². The predicted octanol–water partition coefficient (Wildman–Crippen LogP) is 2.13. The highest BCUT2D eigenvalue weighted by Gasteiger charge is 2.45. The normalized spacial score (nSPS) is 32.2. The summed E-state index contributed by atoms with van der Waals surface area (Å²) in [6.45, 7) is 1.82. The molecule has 0 spiro atoms. The van der Waals surface area contributed by atoms with Crippen LogP contribution < -0.4 is 5.32 Å². The summed E-state index contributed by atoms with van der Waals surface area (Å²) in [5.41, 5.74) is 1.56. The Hall–Kier alpha value is -1.84. The molecular weight excluding hydrogens is 234 g/mol. The van der Waals surface area contributed by atoms with Crippen LogP contribution in [0.1, 0.15) is 43.7 Å². The summed E-state index contributed by atoms with van der Waals surface area (Å²) in [5.74, 6) is 5.92. The maximum Gasteiger partial charge on any atom is 0.0867 e. The molecule has 3 nitrogen and oxygen atoms in total. The van der Waals surface area contributed by atoms with Crippen molar-refractivity contribution in [3.8, 4) is 17.9 Å². The predicted molar refractivity (Wildman–Crippen MR) is 73.3 cm³/mol. The highest BCUT2D eigenvalue weighted by Crippen LogP contribution is 2.42. The van der Waals surface area contributed by atoms with Gasteiger partial charge in [-0.15, -0.1) is 5.92 Å². The number of nitrogens with one attached hydrogen (secondary N) is 1. The van der Waals surface area contributed by atoms with Crippen LogP contribution >= 0.6 is 0 Å². The van der Waals surface area contributed by atoms with Crippen molar-refractivity contribution in [2.75, 3.05) is 0 Å². The summed E-state index contributed by atoms with van der Waals surface area (Å²) in [4.78, 5) is 4.27. The molecule has 0 saturated carbocycles. The third kappa shape index (κ3) is 2.11. The Labute approximate surface area is 114 Å². The first-order valence-electron chi connectivity index (χ1n) is 6.81. The van der Waals surface area contributed by atoms with E-state index in [2.05, 4.69) is 28.2 Å². The SMILES string of the molecule is CC#Cc1cncc(C2(C#N)CC3CCC(C2)N3)c1. The minimum absolute atomic E-state index is 0.379. The molecule has 0 amide bonds. The van der Waals surface area contributed by atoms with Crippen LogP contribution in [0.3, 0.4) is 0 Å². The van der Waals surface area contributed by atoms with Crippen LogP contribution in [-0.2, 0) is 5.41 Å². The molecule has 0 aliphatic carbocycles. The van der Waals surface area contributed by atoms with Crippen LogP contribution in [0, 0.1) is 23.2 Å². The molecule has 3 heterocycles. The highest BCUT2D eigenvalue weighted by molar-refractivity contribution is 5.40. The maximum absolute atomic E-state index is 9.74. The van der Waals surface area contributed by atoms with Gasteiger partial charge in [0.2, 0.25) is 0 Å². The van der Waals surface area contributed by atoms with Crippen molar-refractivity contribution in [1.29, 1.82) is 5.26 Å². The summed E-state index contributed by atoms with van der Waals surface area (Å²) in [6.07, 6.45) is 7.77. The van der Waals surface area contributed by atoms with E-state index < -0.39 is 0 Å². The summed E-state index contributed by atoms with van der Waals surface area (Å²) >= 11 is 0. The monoisotopic (exact) mass is 251 g/mol. The zero-order chi connectivity index (χ0) is 13.3. The van der Waals surface area contributed by atoms with Crippen LogP contribution in [0.25, 0.3) is 0 Å². The second kappa shape index (κ2) is 4.68. The summed E-state index contributed by atoms with van der Waals surface area (Å²) in [5, 5.41) is 13.3. The van der Waals surface area contributed by atoms with Crippen molar-refractivity contribution < 1.29 is 0 Å². The van der Waals surface area contributed by atoms with Gasteiger partial charge in [0.1, 0.15) is 0 Å². The number of aromatic nitrogens is 1. The average molecular weight is 251 g/mol.